The second-order valence-electron chi connectivity index (χ2n) is 3.20. The molecule has 0 spiro atoms. The minimum absolute atomic E-state index is 0.444. The van der Waals surface area contributed by atoms with Gasteiger partial charge in [0, 0.05) is 6.07 Å². The third kappa shape index (κ3) is 4.19. The Labute approximate surface area is 128 Å². The first-order valence-corrected chi connectivity index (χ1v) is 7.63. The van der Waals surface area contributed by atoms with Gasteiger partial charge in [0.1, 0.15) is 24.7 Å². The molecule has 0 amide bonds. The van der Waals surface area contributed by atoms with Crippen LogP contribution in [0.3, 0.4) is 0 Å². The molecule has 1 aromatic carbocycles. The van der Waals surface area contributed by atoms with E-state index in [0.717, 1.165) is 26.0 Å². The maximum Gasteiger partial charge on any atom is 0.137 e. The van der Waals surface area contributed by atoms with E-state index in [1.54, 1.807) is 0 Å². The second kappa shape index (κ2) is 7.72. The number of halogens is 4. The normalized spacial score (nSPS) is 10.4. The quantitative estimate of drug-likeness (QED) is 0.634. The predicted octanol–water partition coefficient (Wildman–Crippen LogP) is 4.76. The van der Waals surface area contributed by atoms with E-state index in [2.05, 4.69) is 31.9 Å². The van der Waals surface area contributed by atoms with Crippen molar-refractivity contribution in [2.75, 3.05) is 25.0 Å². The van der Waals surface area contributed by atoms with Gasteiger partial charge in [-0.3, -0.25) is 0 Å². The van der Waals surface area contributed by atoms with Crippen LogP contribution in [0, 0.1) is 6.92 Å². The van der Waals surface area contributed by atoms with E-state index < -0.39 is 0 Å². The van der Waals surface area contributed by atoms with Gasteiger partial charge in [0.15, 0.2) is 0 Å². The molecule has 0 heterocycles. The average Bonchev–Trinajstić information content (AvgIpc) is 2.34. The standard InChI is InChI=1S/C11H12Br2Cl2O2/c1-7-10(12)8(16-4-2-14)6-9(11(7)13)17-5-3-15/h6H,2-5H2,1H3. The van der Waals surface area contributed by atoms with Crippen molar-refractivity contribution >= 4 is 55.1 Å². The van der Waals surface area contributed by atoms with E-state index in [1.807, 2.05) is 13.0 Å². The molecule has 0 atom stereocenters. The molecule has 1 rings (SSSR count). The molecule has 1 aromatic rings. The first-order valence-electron chi connectivity index (χ1n) is 4.98. The summed E-state index contributed by atoms with van der Waals surface area (Å²) in [4.78, 5) is 0. The zero-order valence-electron chi connectivity index (χ0n) is 9.23. The van der Waals surface area contributed by atoms with Crippen molar-refractivity contribution in [3.63, 3.8) is 0 Å². The summed E-state index contributed by atoms with van der Waals surface area (Å²) in [5, 5.41) is 0. The molecule has 17 heavy (non-hydrogen) atoms. The number of alkyl halides is 2. The molecular weight excluding hydrogens is 395 g/mol. The van der Waals surface area contributed by atoms with Crippen LogP contribution in [0.4, 0.5) is 0 Å². The lowest BCUT2D eigenvalue weighted by atomic mass is 10.2. The van der Waals surface area contributed by atoms with Crippen LogP contribution in [0.1, 0.15) is 5.56 Å². The molecule has 0 aliphatic rings. The largest absolute Gasteiger partial charge is 0.491 e. The summed E-state index contributed by atoms with van der Waals surface area (Å²) in [6.45, 7) is 2.88. The minimum atomic E-state index is 0.444. The first-order chi connectivity index (χ1) is 8.11. The van der Waals surface area contributed by atoms with Crippen LogP contribution in [0.5, 0.6) is 11.5 Å². The molecule has 0 N–H and O–H groups in total. The number of hydrogen-bond acceptors (Lipinski definition) is 2. The van der Waals surface area contributed by atoms with E-state index in [-0.39, 0.29) is 0 Å². The summed E-state index contributed by atoms with van der Waals surface area (Å²) in [7, 11) is 0. The number of rotatable bonds is 6. The summed E-state index contributed by atoms with van der Waals surface area (Å²) in [6.07, 6.45) is 0. The Morgan fingerprint density at radius 3 is 1.76 bits per heavy atom. The molecule has 0 radical (unpaired) electrons. The van der Waals surface area contributed by atoms with E-state index in [9.17, 15) is 0 Å². The van der Waals surface area contributed by atoms with Crippen molar-refractivity contribution < 1.29 is 9.47 Å². The molecule has 0 unspecified atom stereocenters. The monoisotopic (exact) mass is 404 g/mol. The summed E-state index contributed by atoms with van der Waals surface area (Å²) >= 11 is 18.2. The van der Waals surface area contributed by atoms with Gasteiger partial charge in [-0.15, -0.1) is 23.2 Å². The van der Waals surface area contributed by atoms with Crippen LogP contribution in [0.15, 0.2) is 15.0 Å². The van der Waals surface area contributed by atoms with Gasteiger partial charge in [-0.05, 0) is 44.3 Å². The molecule has 6 heteroatoms. The van der Waals surface area contributed by atoms with Crippen molar-refractivity contribution in [2.24, 2.45) is 0 Å². The maximum atomic E-state index is 5.60. The fourth-order valence-electron chi connectivity index (χ4n) is 1.22. The summed E-state index contributed by atoms with van der Waals surface area (Å²) in [6, 6.07) is 1.82. The lowest BCUT2D eigenvalue weighted by Gasteiger charge is -2.14. The van der Waals surface area contributed by atoms with Gasteiger partial charge >= 0.3 is 0 Å². The third-order valence-electron chi connectivity index (χ3n) is 2.02. The number of hydrogen-bond donors (Lipinski definition) is 0. The van der Waals surface area contributed by atoms with Crippen molar-refractivity contribution in [3.05, 3.63) is 20.6 Å². The van der Waals surface area contributed by atoms with E-state index in [1.165, 1.54) is 0 Å². The van der Waals surface area contributed by atoms with Crippen molar-refractivity contribution in [1.82, 2.24) is 0 Å². The minimum Gasteiger partial charge on any atom is -0.491 e. The van der Waals surface area contributed by atoms with E-state index in [0.29, 0.717) is 25.0 Å². The molecule has 0 saturated carbocycles. The van der Waals surface area contributed by atoms with Gasteiger partial charge in [0.05, 0.1) is 20.7 Å². The van der Waals surface area contributed by atoms with E-state index in [4.69, 9.17) is 32.7 Å². The highest BCUT2D eigenvalue weighted by molar-refractivity contribution is 9.11. The van der Waals surface area contributed by atoms with Crippen LogP contribution in [-0.4, -0.2) is 25.0 Å². The van der Waals surface area contributed by atoms with Gasteiger partial charge in [-0.25, -0.2) is 0 Å². The topological polar surface area (TPSA) is 18.5 Å². The van der Waals surface area contributed by atoms with Gasteiger partial charge in [-0.1, -0.05) is 0 Å². The lowest BCUT2D eigenvalue weighted by molar-refractivity contribution is 0.322. The fraction of sp³-hybridized carbons (Fsp3) is 0.455. The highest BCUT2D eigenvalue weighted by Crippen LogP contribution is 2.40. The zero-order valence-corrected chi connectivity index (χ0v) is 13.9. The maximum absolute atomic E-state index is 5.60. The van der Waals surface area contributed by atoms with Gasteiger partial charge in [0.25, 0.3) is 0 Å². The smallest absolute Gasteiger partial charge is 0.137 e. The highest BCUT2D eigenvalue weighted by Gasteiger charge is 2.13. The molecule has 0 aliphatic carbocycles. The molecule has 0 saturated heterocycles. The Kier molecular flexibility index (Phi) is 7.00. The van der Waals surface area contributed by atoms with E-state index >= 15 is 0 Å². The van der Waals surface area contributed by atoms with Crippen LogP contribution in [0.2, 0.25) is 0 Å². The fourth-order valence-corrected chi connectivity index (χ4v) is 2.49. The molecule has 0 bridgehead atoms. The number of benzene rings is 1. The Balaban J connectivity index is 3.01. The van der Waals surface area contributed by atoms with Gasteiger partial charge < -0.3 is 9.47 Å². The third-order valence-corrected chi connectivity index (χ3v) is 4.30. The van der Waals surface area contributed by atoms with Gasteiger partial charge in [0.2, 0.25) is 0 Å². The highest BCUT2D eigenvalue weighted by atomic mass is 79.9. The Morgan fingerprint density at radius 2 is 1.41 bits per heavy atom. The van der Waals surface area contributed by atoms with Crippen molar-refractivity contribution in [2.45, 2.75) is 6.92 Å². The Hall–Kier alpha value is 0.360. The van der Waals surface area contributed by atoms with Crippen LogP contribution < -0.4 is 9.47 Å². The Morgan fingerprint density at radius 1 is 1.00 bits per heavy atom. The molecular formula is C11H12Br2Cl2O2. The SMILES string of the molecule is Cc1c(Br)c(OCCCl)cc(OCCCl)c1Br. The summed E-state index contributed by atoms with van der Waals surface area (Å²) < 4.78 is 12.9. The average molecular weight is 407 g/mol. The molecule has 2 nitrogen and oxygen atoms in total. The summed E-state index contributed by atoms with van der Waals surface area (Å²) in [5.41, 5.74) is 1.02. The predicted molar refractivity (Wildman–Crippen MR) is 79.0 cm³/mol. The zero-order chi connectivity index (χ0) is 12.8. The van der Waals surface area contributed by atoms with Crippen LogP contribution in [-0.2, 0) is 0 Å². The van der Waals surface area contributed by atoms with Gasteiger partial charge in [-0.2, -0.15) is 0 Å². The first kappa shape index (κ1) is 15.4. The lowest BCUT2D eigenvalue weighted by Crippen LogP contribution is -2.03. The second-order valence-corrected chi connectivity index (χ2v) is 5.54. The molecule has 0 aliphatic heterocycles. The molecule has 0 fully saturated rings. The van der Waals surface area contributed by atoms with Crippen molar-refractivity contribution in [1.29, 1.82) is 0 Å². The Bertz CT molecular complexity index is 354. The molecule has 96 valence electrons. The number of ether oxygens (including phenoxy) is 2. The van der Waals surface area contributed by atoms with Crippen molar-refractivity contribution in [3.8, 4) is 11.5 Å². The van der Waals surface area contributed by atoms with Crippen LogP contribution in [0.25, 0.3) is 0 Å². The summed E-state index contributed by atoms with van der Waals surface area (Å²) in [5.74, 6) is 2.32. The molecule has 0 aromatic heterocycles. The van der Waals surface area contributed by atoms with Crippen LogP contribution >= 0.6 is 55.1 Å².